The SMILES string of the molecule is COc1ccc2c(c1C(=O)[O-])O[B-](O)(O)CO2. The van der Waals surface area contributed by atoms with Gasteiger partial charge in [-0.25, -0.2) is 0 Å². The van der Waals surface area contributed by atoms with Gasteiger partial charge < -0.3 is 34.1 Å². The van der Waals surface area contributed by atoms with Crippen LogP contribution in [-0.2, 0) is 0 Å². The molecule has 1 aliphatic heterocycles. The van der Waals surface area contributed by atoms with Crippen molar-refractivity contribution in [3.8, 4) is 17.2 Å². The predicted octanol–water partition coefficient (Wildman–Crippen LogP) is -1.71. The number of ether oxygens (including phenoxy) is 2. The molecular weight excluding hydrogens is 231 g/mol. The highest BCUT2D eigenvalue weighted by atomic mass is 16.7. The van der Waals surface area contributed by atoms with Gasteiger partial charge in [0.1, 0.15) is 11.5 Å². The van der Waals surface area contributed by atoms with Crippen molar-refractivity contribution < 1.29 is 34.1 Å². The summed E-state index contributed by atoms with van der Waals surface area (Å²) in [5.74, 6) is -1.79. The summed E-state index contributed by atoms with van der Waals surface area (Å²) in [5.41, 5.74) is -0.418. The van der Waals surface area contributed by atoms with Crippen molar-refractivity contribution in [3.05, 3.63) is 17.7 Å². The Hall–Kier alpha value is -1.93. The molecule has 0 spiro atoms. The maximum absolute atomic E-state index is 11.0. The van der Waals surface area contributed by atoms with Gasteiger partial charge in [-0.05, 0) is 12.1 Å². The van der Waals surface area contributed by atoms with Gasteiger partial charge in [-0.2, -0.15) is 0 Å². The standard InChI is InChI=1S/C9H10BO7/c1-15-5-2-3-6-8(7(5)9(11)12)17-10(13,14)4-16-6/h2-3,13-14H,4H2,1H3,(H,11,12)/q-1/p-1. The quantitative estimate of drug-likeness (QED) is 0.592. The van der Waals surface area contributed by atoms with Crippen molar-refractivity contribution in [2.24, 2.45) is 0 Å². The zero-order valence-corrected chi connectivity index (χ0v) is 8.87. The molecule has 1 aromatic rings. The first-order chi connectivity index (χ1) is 7.94. The molecule has 0 atom stereocenters. The summed E-state index contributed by atoms with van der Waals surface area (Å²) in [5, 5.41) is 29.6. The molecule has 2 N–H and O–H groups in total. The molecule has 0 saturated carbocycles. The molecule has 0 amide bonds. The van der Waals surface area contributed by atoms with Crippen LogP contribution in [0.3, 0.4) is 0 Å². The molecular formula is C9H9BO7-2. The minimum atomic E-state index is -3.23. The van der Waals surface area contributed by atoms with Crippen molar-refractivity contribution in [1.82, 2.24) is 0 Å². The average molecular weight is 240 g/mol. The summed E-state index contributed by atoms with van der Waals surface area (Å²) < 4.78 is 14.6. The van der Waals surface area contributed by atoms with Crippen molar-refractivity contribution in [2.45, 2.75) is 0 Å². The Balaban J connectivity index is 2.59. The number of carbonyl (C=O) groups is 1. The van der Waals surface area contributed by atoms with E-state index in [1.165, 1.54) is 19.2 Å². The smallest absolute Gasteiger partial charge is 0.467 e. The Kier molecular flexibility index (Phi) is 2.60. The molecule has 0 aliphatic carbocycles. The molecule has 0 fully saturated rings. The first-order valence-corrected chi connectivity index (χ1v) is 4.79. The Morgan fingerprint density at radius 3 is 2.82 bits per heavy atom. The highest BCUT2D eigenvalue weighted by Gasteiger charge is 2.32. The molecule has 1 aromatic carbocycles. The van der Waals surface area contributed by atoms with Crippen LogP contribution in [0.4, 0.5) is 0 Å². The number of rotatable bonds is 2. The van der Waals surface area contributed by atoms with E-state index >= 15 is 0 Å². The van der Waals surface area contributed by atoms with E-state index in [2.05, 4.69) is 0 Å². The lowest BCUT2D eigenvalue weighted by Crippen LogP contribution is -2.51. The van der Waals surface area contributed by atoms with Crippen LogP contribution in [0, 0.1) is 0 Å². The minimum absolute atomic E-state index is 0.0131. The summed E-state index contributed by atoms with van der Waals surface area (Å²) in [6.45, 7) is -3.70. The van der Waals surface area contributed by atoms with Crippen molar-refractivity contribution >= 4 is 12.7 Å². The molecule has 0 bridgehead atoms. The van der Waals surface area contributed by atoms with Gasteiger partial charge in [0.2, 0.25) is 0 Å². The topological polar surface area (TPSA) is 108 Å². The largest absolute Gasteiger partial charge is 0.665 e. The fraction of sp³-hybridized carbons (Fsp3) is 0.222. The number of aromatic carboxylic acids is 1. The first kappa shape index (κ1) is 11.6. The molecule has 7 nitrogen and oxygen atoms in total. The molecule has 1 aliphatic rings. The van der Waals surface area contributed by atoms with Crippen LogP contribution in [0.1, 0.15) is 10.4 Å². The Bertz CT molecular complexity index is 471. The maximum atomic E-state index is 11.0. The molecule has 2 rings (SSSR count). The van der Waals surface area contributed by atoms with E-state index in [9.17, 15) is 19.9 Å². The van der Waals surface area contributed by atoms with E-state index in [-0.39, 0.29) is 17.2 Å². The normalized spacial score (nSPS) is 16.4. The van der Waals surface area contributed by atoms with E-state index in [4.69, 9.17) is 14.1 Å². The second kappa shape index (κ2) is 3.83. The lowest BCUT2D eigenvalue weighted by Gasteiger charge is -2.37. The van der Waals surface area contributed by atoms with Gasteiger partial charge in [0.15, 0.2) is 5.75 Å². The molecule has 0 aromatic heterocycles. The van der Waals surface area contributed by atoms with E-state index in [1.807, 2.05) is 0 Å². The zero-order chi connectivity index (χ0) is 12.6. The van der Waals surface area contributed by atoms with Gasteiger partial charge in [0.25, 0.3) is 0 Å². The van der Waals surface area contributed by atoms with Crippen LogP contribution in [0.15, 0.2) is 12.1 Å². The molecule has 0 radical (unpaired) electrons. The molecule has 8 heteroatoms. The number of hydrogen-bond acceptors (Lipinski definition) is 7. The summed E-state index contributed by atoms with van der Waals surface area (Å²) >= 11 is 0. The maximum Gasteiger partial charge on any atom is 0.467 e. The zero-order valence-electron chi connectivity index (χ0n) is 8.87. The third kappa shape index (κ3) is 1.99. The molecule has 0 unspecified atom stereocenters. The van der Waals surface area contributed by atoms with Crippen LogP contribution in [0.25, 0.3) is 0 Å². The molecule has 17 heavy (non-hydrogen) atoms. The lowest BCUT2D eigenvalue weighted by molar-refractivity contribution is -0.255. The number of carboxylic acids is 1. The molecule has 1 heterocycles. The van der Waals surface area contributed by atoms with Crippen LogP contribution >= 0.6 is 0 Å². The van der Waals surface area contributed by atoms with Crippen molar-refractivity contribution in [3.63, 3.8) is 0 Å². The van der Waals surface area contributed by atoms with Gasteiger partial charge in [0.05, 0.1) is 25.1 Å². The minimum Gasteiger partial charge on any atom is -0.665 e. The second-order valence-electron chi connectivity index (χ2n) is 3.54. The second-order valence-corrected chi connectivity index (χ2v) is 3.54. The van der Waals surface area contributed by atoms with E-state index < -0.39 is 24.8 Å². The Morgan fingerprint density at radius 1 is 1.53 bits per heavy atom. The van der Waals surface area contributed by atoms with Crippen molar-refractivity contribution in [2.75, 3.05) is 13.6 Å². The van der Waals surface area contributed by atoms with Crippen LogP contribution in [0.2, 0.25) is 0 Å². The van der Waals surface area contributed by atoms with E-state index in [0.29, 0.717) is 0 Å². The lowest BCUT2D eigenvalue weighted by atomic mass is 9.80. The van der Waals surface area contributed by atoms with Gasteiger partial charge in [-0.3, -0.25) is 0 Å². The van der Waals surface area contributed by atoms with Gasteiger partial charge >= 0.3 is 6.75 Å². The third-order valence-electron chi connectivity index (χ3n) is 2.27. The highest BCUT2D eigenvalue weighted by molar-refractivity contribution is 6.58. The van der Waals surface area contributed by atoms with E-state index in [0.717, 1.165) is 0 Å². The van der Waals surface area contributed by atoms with E-state index in [1.54, 1.807) is 0 Å². The van der Waals surface area contributed by atoms with Gasteiger partial charge in [0, 0.05) is 0 Å². The monoisotopic (exact) mass is 240 g/mol. The van der Waals surface area contributed by atoms with Crippen LogP contribution < -0.4 is 19.2 Å². The van der Waals surface area contributed by atoms with Crippen molar-refractivity contribution in [1.29, 1.82) is 0 Å². The van der Waals surface area contributed by atoms with Gasteiger partial charge in [-0.15, -0.1) is 0 Å². The molecule has 92 valence electrons. The summed E-state index contributed by atoms with van der Waals surface area (Å²) in [6, 6.07) is 2.77. The number of carboxylic acid groups (broad SMARTS) is 1. The Labute approximate surface area is 96.2 Å². The number of methoxy groups -OCH3 is 1. The Morgan fingerprint density at radius 2 is 2.24 bits per heavy atom. The van der Waals surface area contributed by atoms with Crippen LogP contribution in [-0.4, -0.2) is 36.4 Å². The fourth-order valence-corrected chi connectivity index (χ4v) is 1.56. The number of carbonyl (C=O) groups excluding carboxylic acids is 1. The summed E-state index contributed by atoms with van der Waals surface area (Å²) in [6.07, 6.45) is 0. The van der Waals surface area contributed by atoms with Gasteiger partial charge in [-0.1, -0.05) is 0 Å². The van der Waals surface area contributed by atoms with Crippen LogP contribution in [0.5, 0.6) is 17.2 Å². The number of fused-ring (bicyclic) bond motifs is 1. The molecule has 0 saturated heterocycles. The number of benzene rings is 1. The number of hydrogen-bond donors (Lipinski definition) is 2. The third-order valence-corrected chi connectivity index (χ3v) is 2.27. The summed E-state index contributed by atoms with van der Waals surface area (Å²) in [4.78, 5) is 11.0. The average Bonchev–Trinajstić information content (AvgIpc) is 2.25. The summed E-state index contributed by atoms with van der Waals surface area (Å²) in [7, 11) is 1.27. The predicted molar refractivity (Wildman–Crippen MR) is 53.6 cm³/mol. The first-order valence-electron chi connectivity index (χ1n) is 4.79. The highest BCUT2D eigenvalue weighted by Crippen LogP contribution is 2.40. The fourth-order valence-electron chi connectivity index (χ4n) is 1.56.